The molecule has 2 rings (SSSR count). The Bertz CT molecular complexity index is 362. The van der Waals surface area contributed by atoms with E-state index in [-0.39, 0.29) is 6.10 Å². The fourth-order valence-corrected chi connectivity index (χ4v) is 3.29. The molecule has 0 heterocycles. The highest BCUT2D eigenvalue weighted by molar-refractivity contribution is 7.99. The third-order valence-electron chi connectivity index (χ3n) is 3.29. The van der Waals surface area contributed by atoms with Crippen LogP contribution in [-0.2, 0) is 19.3 Å². The molecule has 1 aliphatic carbocycles. The van der Waals surface area contributed by atoms with E-state index in [9.17, 15) is 5.11 Å². The number of thioether (sulfide) groups is 1. The zero-order chi connectivity index (χ0) is 12.1. The SMILES string of the molecule is CCCSCC(O)Cc1ccc2c(c1)CCC2. The van der Waals surface area contributed by atoms with E-state index in [0.717, 1.165) is 17.9 Å². The predicted octanol–water partition coefficient (Wildman–Crippen LogP) is 3.22. The van der Waals surface area contributed by atoms with Crippen molar-refractivity contribution in [3.63, 3.8) is 0 Å². The summed E-state index contributed by atoms with van der Waals surface area (Å²) in [6, 6.07) is 6.75. The molecule has 0 fully saturated rings. The first-order valence-electron chi connectivity index (χ1n) is 6.66. The van der Waals surface area contributed by atoms with Crippen molar-refractivity contribution in [2.75, 3.05) is 11.5 Å². The first kappa shape index (κ1) is 13.0. The standard InChI is InChI=1S/C15H22OS/c1-2-8-17-11-15(16)10-12-6-7-13-4-3-5-14(13)9-12/h6-7,9,15-16H,2-5,8,10-11H2,1H3. The van der Waals surface area contributed by atoms with Crippen molar-refractivity contribution in [2.24, 2.45) is 0 Å². The lowest BCUT2D eigenvalue weighted by molar-refractivity contribution is 0.200. The first-order chi connectivity index (χ1) is 8.29. The molecular weight excluding hydrogens is 228 g/mol. The van der Waals surface area contributed by atoms with E-state index in [4.69, 9.17) is 0 Å². The van der Waals surface area contributed by atoms with E-state index in [1.54, 1.807) is 0 Å². The largest absolute Gasteiger partial charge is 0.392 e. The molecule has 1 aromatic carbocycles. The molecule has 1 atom stereocenters. The average molecular weight is 250 g/mol. The van der Waals surface area contributed by atoms with Gasteiger partial charge >= 0.3 is 0 Å². The van der Waals surface area contributed by atoms with Crippen LogP contribution in [0.4, 0.5) is 0 Å². The van der Waals surface area contributed by atoms with Gasteiger partial charge in [0.15, 0.2) is 0 Å². The van der Waals surface area contributed by atoms with Gasteiger partial charge in [-0.25, -0.2) is 0 Å². The van der Waals surface area contributed by atoms with Gasteiger partial charge in [-0.05, 0) is 54.5 Å². The van der Waals surface area contributed by atoms with Crippen LogP contribution in [0.2, 0.25) is 0 Å². The summed E-state index contributed by atoms with van der Waals surface area (Å²) in [5, 5.41) is 9.96. The topological polar surface area (TPSA) is 20.2 Å². The number of benzene rings is 1. The summed E-state index contributed by atoms with van der Waals surface area (Å²) in [7, 11) is 0. The van der Waals surface area contributed by atoms with Crippen LogP contribution >= 0.6 is 11.8 Å². The zero-order valence-corrected chi connectivity index (χ0v) is 11.4. The first-order valence-corrected chi connectivity index (χ1v) is 7.81. The number of aliphatic hydroxyl groups is 1. The Morgan fingerprint density at radius 2 is 2.12 bits per heavy atom. The fraction of sp³-hybridized carbons (Fsp3) is 0.600. The molecule has 0 aromatic heterocycles. The van der Waals surface area contributed by atoms with Crippen LogP contribution in [0, 0.1) is 0 Å². The van der Waals surface area contributed by atoms with Crippen LogP contribution in [-0.4, -0.2) is 22.7 Å². The van der Waals surface area contributed by atoms with Gasteiger partial charge < -0.3 is 5.11 Å². The maximum Gasteiger partial charge on any atom is 0.0670 e. The van der Waals surface area contributed by atoms with E-state index in [0.29, 0.717) is 0 Å². The van der Waals surface area contributed by atoms with Crippen LogP contribution in [0.25, 0.3) is 0 Å². The van der Waals surface area contributed by atoms with Gasteiger partial charge in [-0.3, -0.25) is 0 Å². The molecule has 1 nitrogen and oxygen atoms in total. The summed E-state index contributed by atoms with van der Waals surface area (Å²) in [5.41, 5.74) is 4.33. The van der Waals surface area contributed by atoms with Crippen molar-refractivity contribution in [3.05, 3.63) is 34.9 Å². The number of hydrogen-bond donors (Lipinski definition) is 1. The van der Waals surface area contributed by atoms with Gasteiger partial charge in [0, 0.05) is 5.75 Å². The lowest BCUT2D eigenvalue weighted by Gasteiger charge is -2.11. The molecule has 1 aliphatic rings. The Hall–Kier alpha value is -0.470. The van der Waals surface area contributed by atoms with Crippen molar-refractivity contribution in [2.45, 2.75) is 45.1 Å². The summed E-state index contributed by atoms with van der Waals surface area (Å²) in [6.45, 7) is 2.18. The summed E-state index contributed by atoms with van der Waals surface area (Å²) < 4.78 is 0. The molecule has 0 aliphatic heterocycles. The molecule has 0 amide bonds. The molecule has 94 valence electrons. The Balaban J connectivity index is 1.86. The minimum atomic E-state index is -0.189. The van der Waals surface area contributed by atoms with E-state index in [1.807, 2.05) is 11.8 Å². The average Bonchev–Trinajstić information content (AvgIpc) is 2.76. The maximum absolute atomic E-state index is 9.96. The molecule has 2 heteroatoms. The molecule has 0 saturated heterocycles. The van der Waals surface area contributed by atoms with Gasteiger partial charge in [-0.1, -0.05) is 25.1 Å². The lowest BCUT2D eigenvalue weighted by atomic mass is 10.0. The van der Waals surface area contributed by atoms with Gasteiger partial charge in [0.05, 0.1) is 6.10 Å². The smallest absolute Gasteiger partial charge is 0.0670 e. The molecule has 1 N–H and O–H groups in total. The van der Waals surface area contributed by atoms with Crippen molar-refractivity contribution in [1.29, 1.82) is 0 Å². The van der Waals surface area contributed by atoms with Crippen molar-refractivity contribution >= 4 is 11.8 Å². The molecule has 0 saturated carbocycles. The van der Waals surface area contributed by atoms with Gasteiger partial charge in [0.1, 0.15) is 0 Å². The van der Waals surface area contributed by atoms with Gasteiger partial charge in [-0.15, -0.1) is 0 Å². The Labute approximate surface area is 109 Å². The van der Waals surface area contributed by atoms with Crippen molar-refractivity contribution in [1.82, 2.24) is 0 Å². The Morgan fingerprint density at radius 1 is 1.29 bits per heavy atom. The molecule has 0 radical (unpaired) electrons. The number of hydrogen-bond acceptors (Lipinski definition) is 2. The quantitative estimate of drug-likeness (QED) is 0.782. The molecular formula is C15H22OS. The second-order valence-corrected chi connectivity index (χ2v) is 6.04. The lowest BCUT2D eigenvalue weighted by Crippen LogP contribution is -2.14. The van der Waals surface area contributed by atoms with Gasteiger partial charge in [0.2, 0.25) is 0 Å². The molecule has 0 spiro atoms. The highest BCUT2D eigenvalue weighted by Gasteiger charge is 2.12. The van der Waals surface area contributed by atoms with Crippen LogP contribution < -0.4 is 0 Å². The number of aryl methyl sites for hydroxylation is 2. The minimum absolute atomic E-state index is 0.189. The normalized spacial score (nSPS) is 15.9. The monoisotopic (exact) mass is 250 g/mol. The van der Waals surface area contributed by atoms with Crippen LogP contribution in [0.5, 0.6) is 0 Å². The van der Waals surface area contributed by atoms with E-state index in [1.165, 1.54) is 42.4 Å². The summed E-state index contributed by atoms with van der Waals surface area (Å²) in [5.74, 6) is 2.02. The molecule has 1 aromatic rings. The number of fused-ring (bicyclic) bond motifs is 1. The van der Waals surface area contributed by atoms with E-state index in [2.05, 4.69) is 25.1 Å². The Kier molecular flexibility index (Phi) is 4.93. The third-order valence-corrected chi connectivity index (χ3v) is 4.61. The second kappa shape index (κ2) is 6.46. The minimum Gasteiger partial charge on any atom is -0.392 e. The summed E-state index contributed by atoms with van der Waals surface area (Å²) in [4.78, 5) is 0. The van der Waals surface area contributed by atoms with Crippen LogP contribution in [0.15, 0.2) is 18.2 Å². The van der Waals surface area contributed by atoms with E-state index >= 15 is 0 Å². The van der Waals surface area contributed by atoms with Crippen molar-refractivity contribution < 1.29 is 5.11 Å². The van der Waals surface area contributed by atoms with Crippen molar-refractivity contribution in [3.8, 4) is 0 Å². The van der Waals surface area contributed by atoms with Crippen LogP contribution in [0.1, 0.15) is 36.5 Å². The van der Waals surface area contributed by atoms with Gasteiger partial charge in [0.25, 0.3) is 0 Å². The summed E-state index contributed by atoms with van der Waals surface area (Å²) in [6.07, 6.45) is 5.58. The van der Waals surface area contributed by atoms with Gasteiger partial charge in [-0.2, -0.15) is 11.8 Å². The zero-order valence-electron chi connectivity index (χ0n) is 10.6. The van der Waals surface area contributed by atoms with Crippen LogP contribution in [0.3, 0.4) is 0 Å². The maximum atomic E-state index is 9.96. The second-order valence-electron chi connectivity index (χ2n) is 4.89. The number of rotatable bonds is 6. The summed E-state index contributed by atoms with van der Waals surface area (Å²) >= 11 is 1.86. The Morgan fingerprint density at radius 3 is 2.94 bits per heavy atom. The highest BCUT2D eigenvalue weighted by Crippen LogP contribution is 2.23. The third kappa shape index (κ3) is 3.75. The predicted molar refractivity (Wildman–Crippen MR) is 75.8 cm³/mol. The highest BCUT2D eigenvalue weighted by atomic mass is 32.2. The molecule has 17 heavy (non-hydrogen) atoms. The van der Waals surface area contributed by atoms with E-state index < -0.39 is 0 Å². The number of aliphatic hydroxyl groups excluding tert-OH is 1. The fourth-order valence-electron chi connectivity index (χ4n) is 2.45. The molecule has 0 bridgehead atoms. The molecule has 1 unspecified atom stereocenters.